The number of phenolic OH excluding ortho intramolecular Hbond substituents is 1. The molecule has 0 saturated carbocycles. The zero-order valence-electron chi connectivity index (χ0n) is 8.59. The Balaban J connectivity index is 2.30. The number of aryl methyl sites for hydroxylation is 1. The topological polar surface area (TPSA) is 41.5 Å². The van der Waals surface area contributed by atoms with E-state index in [0.717, 1.165) is 17.7 Å². The summed E-state index contributed by atoms with van der Waals surface area (Å²) in [6.07, 6.45) is -0.100. The van der Waals surface area contributed by atoms with Crippen molar-refractivity contribution in [2.24, 2.45) is 0 Å². The number of rotatable bonds is 1. The van der Waals surface area contributed by atoms with Gasteiger partial charge in [0, 0.05) is 23.7 Å². The molecule has 1 fully saturated rings. The maximum absolute atomic E-state index is 9.80. The van der Waals surface area contributed by atoms with Crippen LogP contribution in [0.4, 0.5) is 0 Å². The van der Waals surface area contributed by atoms with Gasteiger partial charge >= 0.3 is 0 Å². The molecule has 0 bridgehead atoms. The molecule has 2 rings (SSSR count). The lowest BCUT2D eigenvalue weighted by Gasteiger charge is -2.24. The first-order valence-corrected chi connectivity index (χ1v) is 5.37. The quantitative estimate of drug-likeness (QED) is 0.771. The maximum Gasteiger partial charge on any atom is 0.121 e. The Morgan fingerprint density at radius 1 is 1.53 bits per heavy atom. The summed E-state index contributed by atoms with van der Waals surface area (Å²) >= 11 is 6.02. The zero-order chi connectivity index (χ0) is 10.8. The largest absolute Gasteiger partial charge is 0.508 e. The molecule has 1 aliphatic heterocycles. The van der Waals surface area contributed by atoms with Crippen molar-refractivity contribution in [1.29, 1.82) is 0 Å². The SMILES string of the molecule is Cc1cc(O)c(C2CNCCO2)cc1Cl. The molecular weight excluding hydrogens is 214 g/mol. The van der Waals surface area contributed by atoms with Crippen LogP contribution < -0.4 is 5.32 Å². The van der Waals surface area contributed by atoms with E-state index in [-0.39, 0.29) is 11.9 Å². The third kappa shape index (κ3) is 2.25. The van der Waals surface area contributed by atoms with Gasteiger partial charge in [0.05, 0.1) is 12.7 Å². The normalized spacial score (nSPS) is 21.6. The van der Waals surface area contributed by atoms with Gasteiger partial charge in [0.2, 0.25) is 0 Å². The van der Waals surface area contributed by atoms with Crippen LogP contribution in [0.1, 0.15) is 17.2 Å². The maximum atomic E-state index is 9.80. The predicted octanol–water partition coefficient (Wildman–Crippen LogP) is 2.01. The van der Waals surface area contributed by atoms with E-state index < -0.39 is 0 Å². The van der Waals surface area contributed by atoms with Crippen molar-refractivity contribution in [2.75, 3.05) is 19.7 Å². The average molecular weight is 228 g/mol. The number of nitrogens with one attached hydrogen (secondary N) is 1. The van der Waals surface area contributed by atoms with Crippen molar-refractivity contribution in [2.45, 2.75) is 13.0 Å². The van der Waals surface area contributed by atoms with Gasteiger partial charge in [-0.25, -0.2) is 0 Å². The molecule has 0 aliphatic carbocycles. The summed E-state index contributed by atoms with van der Waals surface area (Å²) in [5, 5.41) is 13.7. The Labute approximate surface area is 94.0 Å². The Bertz CT molecular complexity index is 362. The molecule has 82 valence electrons. The van der Waals surface area contributed by atoms with Crippen molar-refractivity contribution in [1.82, 2.24) is 5.32 Å². The second kappa shape index (κ2) is 4.39. The summed E-state index contributed by atoms with van der Waals surface area (Å²) in [5.41, 5.74) is 1.64. The van der Waals surface area contributed by atoms with Crippen LogP contribution in [0.2, 0.25) is 5.02 Å². The van der Waals surface area contributed by atoms with Gasteiger partial charge in [0.1, 0.15) is 5.75 Å². The molecule has 4 heteroatoms. The third-order valence-electron chi connectivity index (χ3n) is 2.58. The average Bonchev–Trinajstić information content (AvgIpc) is 2.25. The van der Waals surface area contributed by atoms with Gasteiger partial charge in [-0.3, -0.25) is 0 Å². The highest BCUT2D eigenvalue weighted by molar-refractivity contribution is 6.31. The summed E-state index contributed by atoms with van der Waals surface area (Å²) in [6.45, 7) is 4.10. The van der Waals surface area contributed by atoms with E-state index in [2.05, 4.69) is 5.32 Å². The highest BCUT2D eigenvalue weighted by atomic mass is 35.5. The molecule has 1 atom stereocenters. The smallest absolute Gasteiger partial charge is 0.121 e. The Morgan fingerprint density at radius 3 is 3.00 bits per heavy atom. The fourth-order valence-electron chi connectivity index (χ4n) is 1.70. The summed E-state index contributed by atoms with van der Waals surface area (Å²) in [7, 11) is 0. The molecule has 15 heavy (non-hydrogen) atoms. The first-order valence-electron chi connectivity index (χ1n) is 5.00. The molecule has 1 saturated heterocycles. The Hall–Kier alpha value is -0.770. The van der Waals surface area contributed by atoms with Crippen LogP contribution in [0, 0.1) is 6.92 Å². The Morgan fingerprint density at radius 2 is 2.33 bits per heavy atom. The van der Waals surface area contributed by atoms with Crippen LogP contribution in [0.5, 0.6) is 5.75 Å². The van der Waals surface area contributed by atoms with Gasteiger partial charge < -0.3 is 15.2 Å². The van der Waals surface area contributed by atoms with E-state index in [1.54, 1.807) is 12.1 Å². The van der Waals surface area contributed by atoms with Gasteiger partial charge in [-0.2, -0.15) is 0 Å². The highest BCUT2D eigenvalue weighted by Gasteiger charge is 2.19. The number of hydrogen-bond donors (Lipinski definition) is 2. The first kappa shape index (κ1) is 10.7. The molecule has 1 aromatic rings. The van der Waals surface area contributed by atoms with Gasteiger partial charge in [-0.15, -0.1) is 0 Å². The lowest BCUT2D eigenvalue weighted by molar-refractivity contribution is 0.0263. The first-order chi connectivity index (χ1) is 7.18. The second-order valence-corrected chi connectivity index (χ2v) is 4.13. The lowest BCUT2D eigenvalue weighted by Crippen LogP contribution is -2.33. The molecule has 2 N–H and O–H groups in total. The molecule has 0 spiro atoms. The van der Waals surface area contributed by atoms with E-state index in [4.69, 9.17) is 16.3 Å². The standard InChI is InChI=1S/C11H14ClNO2/c1-7-4-10(14)8(5-9(7)12)11-6-13-2-3-15-11/h4-5,11,13-14H,2-3,6H2,1H3. The number of phenols is 1. The van der Waals surface area contributed by atoms with Gasteiger partial charge in [0.15, 0.2) is 0 Å². The van der Waals surface area contributed by atoms with E-state index in [0.29, 0.717) is 18.2 Å². The van der Waals surface area contributed by atoms with Crippen LogP contribution >= 0.6 is 11.6 Å². The van der Waals surface area contributed by atoms with Gasteiger partial charge in [0.25, 0.3) is 0 Å². The summed E-state index contributed by atoms with van der Waals surface area (Å²) in [4.78, 5) is 0. The second-order valence-electron chi connectivity index (χ2n) is 3.72. The highest BCUT2D eigenvalue weighted by Crippen LogP contribution is 2.32. The van der Waals surface area contributed by atoms with Crippen molar-refractivity contribution in [3.8, 4) is 5.75 Å². The number of halogens is 1. The van der Waals surface area contributed by atoms with Gasteiger partial charge in [-0.1, -0.05) is 11.6 Å². The van der Waals surface area contributed by atoms with Crippen LogP contribution in [-0.4, -0.2) is 24.8 Å². The van der Waals surface area contributed by atoms with Crippen LogP contribution in [0.15, 0.2) is 12.1 Å². The third-order valence-corrected chi connectivity index (χ3v) is 2.99. The number of morpholine rings is 1. The van der Waals surface area contributed by atoms with Crippen LogP contribution in [-0.2, 0) is 4.74 Å². The molecule has 0 amide bonds. The molecular formula is C11H14ClNO2. The van der Waals surface area contributed by atoms with Gasteiger partial charge in [-0.05, 0) is 24.6 Å². The van der Waals surface area contributed by atoms with Crippen molar-refractivity contribution < 1.29 is 9.84 Å². The summed E-state index contributed by atoms with van der Waals surface area (Å²) in [5.74, 6) is 0.255. The molecule has 0 radical (unpaired) electrons. The number of hydrogen-bond acceptors (Lipinski definition) is 3. The van der Waals surface area contributed by atoms with E-state index >= 15 is 0 Å². The Kier molecular flexibility index (Phi) is 3.14. The van der Waals surface area contributed by atoms with E-state index in [1.165, 1.54) is 0 Å². The zero-order valence-corrected chi connectivity index (χ0v) is 9.34. The molecule has 3 nitrogen and oxygen atoms in total. The minimum absolute atomic E-state index is 0.100. The molecule has 1 aromatic carbocycles. The lowest BCUT2D eigenvalue weighted by atomic mass is 10.0. The molecule has 1 aliphatic rings. The number of ether oxygens (including phenoxy) is 1. The fraction of sp³-hybridized carbons (Fsp3) is 0.455. The summed E-state index contributed by atoms with van der Waals surface area (Å²) < 4.78 is 5.56. The van der Waals surface area contributed by atoms with E-state index in [1.807, 2.05) is 6.92 Å². The predicted molar refractivity (Wildman–Crippen MR) is 59.4 cm³/mol. The number of benzene rings is 1. The van der Waals surface area contributed by atoms with Crippen molar-refractivity contribution >= 4 is 11.6 Å². The fourth-order valence-corrected chi connectivity index (χ4v) is 1.88. The minimum atomic E-state index is -0.100. The van der Waals surface area contributed by atoms with Crippen LogP contribution in [0.3, 0.4) is 0 Å². The van der Waals surface area contributed by atoms with Crippen LogP contribution in [0.25, 0.3) is 0 Å². The molecule has 1 heterocycles. The molecule has 1 unspecified atom stereocenters. The molecule has 0 aromatic heterocycles. The minimum Gasteiger partial charge on any atom is -0.508 e. The van der Waals surface area contributed by atoms with E-state index in [9.17, 15) is 5.11 Å². The number of aromatic hydroxyl groups is 1. The van der Waals surface area contributed by atoms with Crippen molar-refractivity contribution in [3.05, 3.63) is 28.3 Å². The van der Waals surface area contributed by atoms with Crippen molar-refractivity contribution in [3.63, 3.8) is 0 Å². The monoisotopic (exact) mass is 227 g/mol. The summed E-state index contributed by atoms with van der Waals surface area (Å²) in [6, 6.07) is 3.46.